The summed E-state index contributed by atoms with van der Waals surface area (Å²) in [7, 11) is 0. The monoisotopic (exact) mass is 467 g/mol. The maximum Gasteiger partial charge on any atom is 0.274 e. The van der Waals surface area contributed by atoms with Gasteiger partial charge in [0.15, 0.2) is 6.61 Å². The van der Waals surface area contributed by atoms with Crippen LogP contribution >= 0.6 is 23.2 Å². The molecule has 0 fully saturated rings. The molecule has 0 aliphatic carbocycles. The zero-order valence-corrected chi connectivity index (χ0v) is 18.1. The average molecular weight is 468 g/mol. The fraction of sp³-hybridized carbons (Fsp3) is 0.190. The average Bonchev–Trinajstić information content (AvgIpc) is 3.46. The summed E-state index contributed by atoms with van der Waals surface area (Å²) in [6.45, 7) is 1.12. The van der Waals surface area contributed by atoms with E-state index in [1.807, 2.05) is 10.6 Å². The third-order valence-electron chi connectivity index (χ3n) is 5.38. The molecule has 3 aromatic heterocycles. The number of hydrogen-bond acceptors (Lipinski definition) is 6. The van der Waals surface area contributed by atoms with E-state index in [0.717, 1.165) is 22.2 Å². The molecule has 11 heteroatoms. The molecule has 1 aromatic carbocycles. The highest BCUT2D eigenvalue weighted by Gasteiger charge is 2.31. The number of halogens is 2. The van der Waals surface area contributed by atoms with Crippen LogP contribution in [0.25, 0.3) is 22.0 Å². The van der Waals surface area contributed by atoms with Crippen molar-refractivity contribution in [1.29, 1.82) is 5.26 Å². The van der Waals surface area contributed by atoms with E-state index in [2.05, 4.69) is 20.2 Å². The summed E-state index contributed by atoms with van der Waals surface area (Å²) in [6, 6.07) is 3.59. The number of fused-ring (bicyclic) bond motifs is 3. The van der Waals surface area contributed by atoms with Crippen molar-refractivity contribution in [2.75, 3.05) is 13.2 Å². The molecule has 5 rings (SSSR count). The van der Waals surface area contributed by atoms with E-state index in [-0.39, 0.29) is 18.2 Å². The highest BCUT2D eigenvalue weighted by molar-refractivity contribution is 6.45. The van der Waals surface area contributed by atoms with Crippen LogP contribution in [-0.4, -0.2) is 48.7 Å². The van der Waals surface area contributed by atoms with Crippen LogP contribution in [0.4, 0.5) is 0 Å². The molecule has 1 aliphatic heterocycles. The number of amides is 1. The summed E-state index contributed by atoms with van der Waals surface area (Å²) in [6.07, 6.45) is 7.92. The molecular formula is C21H15Cl2N7O2. The minimum Gasteiger partial charge on any atom is -0.478 e. The van der Waals surface area contributed by atoms with Gasteiger partial charge in [0.25, 0.3) is 5.91 Å². The number of aromatic amines is 1. The van der Waals surface area contributed by atoms with Gasteiger partial charge in [-0.25, -0.2) is 4.98 Å². The Balaban J connectivity index is 1.71. The smallest absolute Gasteiger partial charge is 0.274 e. The first-order chi connectivity index (χ1) is 15.6. The first-order valence-corrected chi connectivity index (χ1v) is 10.4. The van der Waals surface area contributed by atoms with Gasteiger partial charge in [0, 0.05) is 54.6 Å². The number of H-pyrrole nitrogens is 1. The highest BCUT2D eigenvalue weighted by atomic mass is 35.5. The number of ether oxygens (including phenoxy) is 1. The molecule has 4 aromatic rings. The van der Waals surface area contributed by atoms with Gasteiger partial charge < -0.3 is 14.2 Å². The number of carbonyl (C=O) groups is 1. The zero-order valence-electron chi connectivity index (χ0n) is 16.5. The lowest BCUT2D eigenvalue weighted by Crippen LogP contribution is -2.38. The SMILES string of the molecule is N#CCOc1cc(Cl)c(Cl)c2c1c(-c1cn[nH]c1)c1n2CCN(C(=O)c2cnccn2)C1. The largest absolute Gasteiger partial charge is 0.478 e. The van der Waals surface area contributed by atoms with Crippen molar-refractivity contribution in [3.05, 3.63) is 58.5 Å². The van der Waals surface area contributed by atoms with Crippen molar-refractivity contribution in [2.45, 2.75) is 13.1 Å². The third-order valence-corrected chi connectivity index (χ3v) is 6.15. The van der Waals surface area contributed by atoms with Crippen molar-refractivity contribution in [3.63, 3.8) is 0 Å². The zero-order chi connectivity index (χ0) is 22.2. The summed E-state index contributed by atoms with van der Waals surface area (Å²) in [4.78, 5) is 22.9. The van der Waals surface area contributed by atoms with Gasteiger partial charge in [-0.3, -0.25) is 14.9 Å². The van der Waals surface area contributed by atoms with E-state index in [0.29, 0.717) is 40.9 Å². The fourth-order valence-corrected chi connectivity index (χ4v) is 4.50. The van der Waals surface area contributed by atoms with E-state index in [1.54, 1.807) is 23.4 Å². The number of hydrogen-bond donors (Lipinski definition) is 1. The van der Waals surface area contributed by atoms with E-state index < -0.39 is 0 Å². The van der Waals surface area contributed by atoms with Crippen LogP contribution in [0.5, 0.6) is 5.75 Å². The Morgan fingerprint density at radius 3 is 2.88 bits per heavy atom. The van der Waals surface area contributed by atoms with Gasteiger partial charge in [0.05, 0.1) is 39.9 Å². The van der Waals surface area contributed by atoms with Crippen LogP contribution in [0.2, 0.25) is 10.0 Å². The van der Waals surface area contributed by atoms with Gasteiger partial charge in [-0.05, 0) is 0 Å². The number of nitrogens with one attached hydrogen (secondary N) is 1. The summed E-state index contributed by atoms with van der Waals surface area (Å²) in [5, 5.41) is 17.4. The lowest BCUT2D eigenvalue weighted by atomic mass is 10.0. The Morgan fingerprint density at radius 2 is 2.16 bits per heavy atom. The standard InChI is InChI=1S/C21H15Cl2N7O2/c22-13-7-16(32-6-1-24)18-17(12-8-27-28-9-12)15-11-29(4-5-30(15)20(18)19(13)23)21(31)14-10-25-2-3-26-14/h2-3,7-10H,4-6,11H2,(H,27,28). The van der Waals surface area contributed by atoms with E-state index in [1.165, 1.54) is 18.6 Å². The molecule has 0 saturated heterocycles. The maximum atomic E-state index is 13.0. The molecule has 1 aliphatic rings. The molecule has 32 heavy (non-hydrogen) atoms. The molecule has 0 saturated carbocycles. The number of rotatable bonds is 4. The highest BCUT2D eigenvalue weighted by Crippen LogP contribution is 2.47. The lowest BCUT2D eigenvalue weighted by molar-refractivity contribution is 0.0706. The topological polar surface area (TPSA) is 113 Å². The van der Waals surface area contributed by atoms with Crippen LogP contribution < -0.4 is 4.74 Å². The van der Waals surface area contributed by atoms with Gasteiger partial charge in [-0.1, -0.05) is 23.2 Å². The second-order valence-corrected chi connectivity index (χ2v) is 7.90. The molecule has 1 amide bonds. The first-order valence-electron chi connectivity index (χ1n) is 9.67. The summed E-state index contributed by atoms with van der Waals surface area (Å²) < 4.78 is 7.76. The minimum atomic E-state index is -0.210. The van der Waals surface area contributed by atoms with Crippen molar-refractivity contribution in [1.82, 2.24) is 29.6 Å². The molecule has 9 nitrogen and oxygen atoms in total. The van der Waals surface area contributed by atoms with Crippen LogP contribution in [0.15, 0.2) is 37.1 Å². The molecule has 0 radical (unpaired) electrons. The van der Waals surface area contributed by atoms with Crippen LogP contribution in [0, 0.1) is 11.3 Å². The first kappa shape index (κ1) is 20.3. The van der Waals surface area contributed by atoms with E-state index >= 15 is 0 Å². The Labute approximate surface area is 192 Å². The summed E-state index contributed by atoms with van der Waals surface area (Å²) in [5.41, 5.74) is 3.46. The molecular weight excluding hydrogens is 453 g/mol. The Morgan fingerprint density at radius 1 is 1.28 bits per heavy atom. The van der Waals surface area contributed by atoms with Crippen LogP contribution in [-0.2, 0) is 13.1 Å². The lowest BCUT2D eigenvalue weighted by Gasteiger charge is -2.29. The number of nitriles is 1. The number of carbonyl (C=O) groups excluding carboxylic acids is 1. The van der Waals surface area contributed by atoms with Gasteiger partial charge in [0.2, 0.25) is 0 Å². The Bertz CT molecular complexity index is 1360. The second-order valence-electron chi connectivity index (χ2n) is 7.12. The molecule has 0 bridgehead atoms. The molecule has 1 N–H and O–H groups in total. The predicted octanol–water partition coefficient (Wildman–Crippen LogP) is 3.69. The summed E-state index contributed by atoms with van der Waals surface area (Å²) in [5.74, 6) is 0.235. The maximum absolute atomic E-state index is 13.0. The molecule has 0 unspecified atom stereocenters. The molecule has 0 atom stereocenters. The van der Waals surface area contributed by atoms with E-state index in [4.69, 9.17) is 33.2 Å². The van der Waals surface area contributed by atoms with Crippen molar-refractivity contribution >= 4 is 40.0 Å². The van der Waals surface area contributed by atoms with E-state index in [9.17, 15) is 4.79 Å². The molecule has 0 spiro atoms. The van der Waals surface area contributed by atoms with Gasteiger partial charge >= 0.3 is 0 Å². The summed E-state index contributed by atoms with van der Waals surface area (Å²) >= 11 is 13.0. The van der Waals surface area contributed by atoms with Crippen LogP contribution in [0.3, 0.4) is 0 Å². The number of benzene rings is 1. The Kier molecular flexibility index (Phi) is 5.17. The van der Waals surface area contributed by atoms with Crippen LogP contribution in [0.1, 0.15) is 16.2 Å². The Hall–Kier alpha value is -3.61. The minimum absolute atomic E-state index is 0.143. The van der Waals surface area contributed by atoms with Gasteiger partial charge in [-0.15, -0.1) is 0 Å². The molecule has 4 heterocycles. The number of aromatic nitrogens is 5. The normalized spacial score (nSPS) is 13.1. The fourth-order valence-electron chi connectivity index (χ4n) is 4.06. The van der Waals surface area contributed by atoms with Crippen molar-refractivity contribution in [3.8, 4) is 22.9 Å². The van der Waals surface area contributed by atoms with Gasteiger partial charge in [-0.2, -0.15) is 10.4 Å². The van der Waals surface area contributed by atoms with Crippen molar-refractivity contribution in [2.24, 2.45) is 0 Å². The second kappa shape index (κ2) is 8.15. The van der Waals surface area contributed by atoms with Crippen molar-refractivity contribution < 1.29 is 9.53 Å². The third kappa shape index (κ3) is 3.25. The predicted molar refractivity (Wildman–Crippen MR) is 117 cm³/mol. The molecule has 160 valence electrons. The number of nitrogens with zero attached hydrogens (tertiary/aromatic N) is 6. The van der Waals surface area contributed by atoms with Gasteiger partial charge in [0.1, 0.15) is 17.5 Å². The quantitative estimate of drug-likeness (QED) is 0.489.